The third-order valence-electron chi connectivity index (χ3n) is 4.37. The van der Waals surface area contributed by atoms with Crippen molar-refractivity contribution in [3.05, 3.63) is 64.7 Å². The van der Waals surface area contributed by atoms with Gasteiger partial charge < -0.3 is 9.47 Å². The molecule has 142 valence electrons. The van der Waals surface area contributed by atoms with Crippen LogP contribution in [0, 0.1) is 0 Å². The predicted molar refractivity (Wildman–Crippen MR) is 103 cm³/mol. The lowest BCUT2D eigenvalue weighted by Gasteiger charge is -2.33. The number of hydrogen-bond acceptors (Lipinski definition) is 4. The van der Waals surface area contributed by atoms with Crippen molar-refractivity contribution in [3.8, 4) is 5.75 Å². The summed E-state index contributed by atoms with van der Waals surface area (Å²) in [6.45, 7) is 4.91. The number of hydrogen-bond donors (Lipinski definition) is 0. The molecule has 5 nitrogen and oxygen atoms in total. The van der Waals surface area contributed by atoms with Gasteiger partial charge in [0.1, 0.15) is 5.75 Å². The Balaban J connectivity index is 1.46. The molecule has 0 atom stereocenters. The SMILES string of the molecule is CC(C)(COCCCOc1ccc(Cl)cc1)N1C(=O)c2ccccc2C1=O. The summed E-state index contributed by atoms with van der Waals surface area (Å²) in [4.78, 5) is 26.5. The Labute approximate surface area is 163 Å². The van der Waals surface area contributed by atoms with E-state index in [1.165, 1.54) is 4.90 Å². The number of rotatable bonds is 8. The van der Waals surface area contributed by atoms with Crippen molar-refractivity contribution >= 4 is 23.4 Å². The summed E-state index contributed by atoms with van der Waals surface area (Å²) < 4.78 is 11.3. The lowest BCUT2D eigenvalue weighted by molar-refractivity contribution is 0.0141. The molecule has 0 saturated carbocycles. The van der Waals surface area contributed by atoms with Crippen LogP contribution < -0.4 is 4.74 Å². The Hall–Kier alpha value is -2.37. The molecule has 0 aromatic heterocycles. The standard InChI is InChI=1S/C21H22ClNO4/c1-21(2,23-19(24)17-6-3-4-7-18(17)20(23)25)14-26-12-5-13-27-16-10-8-15(22)9-11-16/h3-4,6-11H,5,12-14H2,1-2H3. The van der Waals surface area contributed by atoms with Crippen molar-refractivity contribution in [2.24, 2.45) is 0 Å². The van der Waals surface area contributed by atoms with E-state index in [4.69, 9.17) is 21.1 Å². The van der Waals surface area contributed by atoms with Crippen molar-refractivity contribution in [1.29, 1.82) is 0 Å². The molecule has 3 rings (SSSR count). The number of ether oxygens (including phenoxy) is 2. The van der Waals surface area contributed by atoms with E-state index in [1.807, 2.05) is 26.0 Å². The second-order valence-electron chi connectivity index (χ2n) is 7.01. The summed E-state index contributed by atoms with van der Waals surface area (Å²) in [5.41, 5.74) is 0.170. The third kappa shape index (κ3) is 4.31. The fraction of sp³-hybridized carbons (Fsp3) is 0.333. The summed E-state index contributed by atoms with van der Waals surface area (Å²) in [5.74, 6) is 0.219. The molecule has 2 amide bonds. The summed E-state index contributed by atoms with van der Waals surface area (Å²) in [7, 11) is 0. The van der Waals surface area contributed by atoms with Crippen LogP contribution in [0.25, 0.3) is 0 Å². The van der Waals surface area contributed by atoms with Crippen LogP contribution in [0.5, 0.6) is 5.75 Å². The normalized spacial score (nSPS) is 13.8. The van der Waals surface area contributed by atoms with Gasteiger partial charge in [0.25, 0.3) is 11.8 Å². The summed E-state index contributed by atoms with van der Waals surface area (Å²) in [6, 6.07) is 14.1. The first kappa shape index (κ1) is 19.4. The summed E-state index contributed by atoms with van der Waals surface area (Å²) in [5, 5.41) is 0.668. The van der Waals surface area contributed by atoms with Crippen LogP contribution in [0.4, 0.5) is 0 Å². The Morgan fingerprint density at radius 3 is 2.11 bits per heavy atom. The van der Waals surface area contributed by atoms with Gasteiger partial charge in [-0.2, -0.15) is 0 Å². The number of carbonyl (C=O) groups is 2. The zero-order chi connectivity index (χ0) is 19.4. The maximum absolute atomic E-state index is 12.6. The lowest BCUT2D eigenvalue weighted by Crippen LogP contribution is -2.50. The minimum Gasteiger partial charge on any atom is -0.494 e. The van der Waals surface area contributed by atoms with Gasteiger partial charge in [0.2, 0.25) is 0 Å². The van der Waals surface area contributed by atoms with Gasteiger partial charge in [-0.05, 0) is 50.2 Å². The smallest absolute Gasteiger partial charge is 0.262 e. The Kier molecular flexibility index (Phi) is 5.82. The van der Waals surface area contributed by atoms with Crippen molar-refractivity contribution in [1.82, 2.24) is 4.90 Å². The van der Waals surface area contributed by atoms with Gasteiger partial charge in [-0.1, -0.05) is 23.7 Å². The second-order valence-corrected chi connectivity index (χ2v) is 7.45. The fourth-order valence-electron chi connectivity index (χ4n) is 3.01. The van der Waals surface area contributed by atoms with Gasteiger partial charge in [-0.15, -0.1) is 0 Å². The topological polar surface area (TPSA) is 55.8 Å². The molecule has 2 aromatic carbocycles. The molecule has 0 bridgehead atoms. The molecule has 27 heavy (non-hydrogen) atoms. The van der Waals surface area contributed by atoms with E-state index in [0.29, 0.717) is 35.8 Å². The van der Waals surface area contributed by atoms with Gasteiger partial charge in [0.15, 0.2) is 0 Å². The molecule has 2 aromatic rings. The largest absolute Gasteiger partial charge is 0.494 e. The Morgan fingerprint density at radius 1 is 0.926 bits per heavy atom. The maximum atomic E-state index is 12.6. The van der Waals surface area contributed by atoms with Crippen molar-refractivity contribution in [2.45, 2.75) is 25.8 Å². The van der Waals surface area contributed by atoms with Crippen LogP contribution in [-0.2, 0) is 4.74 Å². The van der Waals surface area contributed by atoms with Crippen molar-refractivity contribution in [2.75, 3.05) is 19.8 Å². The van der Waals surface area contributed by atoms with Gasteiger partial charge in [0, 0.05) is 18.1 Å². The number of nitrogens with zero attached hydrogens (tertiary/aromatic N) is 1. The maximum Gasteiger partial charge on any atom is 0.262 e. The molecule has 1 aliphatic heterocycles. The average molecular weight is 388 g/mol. The van der Waals surface area contributed by atoms with E-state index < -0.39 is 5.54 Å². The lowest BCUT2D eigenvalue weighted by atomic mass is 10.0. The molecular weight excluding hydrogens is 366 g/mol. The summed E-state index contributed by atoms with van der Waals surface area (Å²) >= 11 is 5.83. The molecule has 0 aliphatic carbocycles. The number of carbonyl (C=O) groups excluding carboxylic acids is 2. The predicted octanol–water partition coefficient (Wildman–Crippen LogP) is 4.20. The third-order valence-corrected chi connectivity index (χ3v) is 4.62. The Morgan fingerprint density at radius 2 is 1.52 bits per heavy atom. The fourth-order valence-corrected chi connectivity index (χ4v) is 3.13. The van der Waals surface area contributed by atoms with Crippen LogP contribution in [0.3, 0.4) is 0 Å². The highest BCUT2D eigenvalue weighted by Crippen LogP contribution is 2.29. The minimum absolute atomic E-state index is 0.263. The highest BCUT2D eigenvalue weighted by molar-refractivity contribution is 6.30. The molecule has 1 aliphatic rings. The summed E-state index contributed by atoms with van der Waals surface area (Å²) in [6.07, 6.45) is 0.695. The van der Waals surface area contributed by atoms with Crippen LogP contribution in [-0.4, -0.2) is 42.1 Å². The molecule has 0 saturated heterocycles. The minimum atomic E-state index is -0.732. The molecule has 6 heteroatoms. The van der Waals surface area contributed by atoms with E-state index in [9.17, 15) is 9.59 Å². The quantitative estimate of drug-likeness (QED) is 0.503. The molecule has 0 fully saturated rings. The number of halogens is 1. The van der Waals surface area contributed by atoms with Crippen LogP contribution >= 0.6 is 11.6 Å². The number of imide groups is 1. The zero-order valence-electron chi connectivity index (χ0n) is 15.4. The Bertz CT molecular complexity index is 797. The van der Waals surface area contributed by atoms with Crippen LogP contribution in [0.15, 0.2) is 48.5 Å². The van der Waals surface area contributed by atoms with Crippen LogP contribution in [0.2, 0.25) is 5.02 Å². The van der Waals surface area contributed by atoms with Crippen LogP contribution in [0.1, 0.15) is 41.0 Å². The number of fused-ring (bicyclic) bond motifs is 1. The number of amides is 2. The van der Waals surface area contributed by atoms with E-state index >= 15 is 0 Å². The van der Waals surface area contributed by atoms with Crippen molar-refractivity contribution < 1.29 is 19.1 Å². The van der Waals surface area contributed by atoms with E-state index in [0.717, 1.165) is 5.75 Å². The first-order valence-corrected chi connectivity index (χ1v) is 9.22. The van der Waals surface area contributed by atoms with E-state index in [2.05, 4.69) is 0 Å². The molecular formula is C21H22ClNO4. The zero-order valence-corrected chi connectivity index (χ0v) is 16.2. The molecule has 0 N–H and O–H groups in total. The van der Waals surface area contributed by atoms with Gasteiger partial charge >= 0.3 is 0 Å². The molecule has 1 heterocycles. The van der Waals surface area contributed by atoms with Crippen molar-refractivity contribution in [3.63, 3.8) is 0 Å². The first-order valence-electron chi connectivity index (χ1n) is 8.84. The highest BCUT2D eigenvalue weighted by Gasteiger charge is 2.43. The van der Waals surface area contributed by atoms with Gasteiger partial charge in [-0.3, -0.25) is 14.5 Å². The monoisotopic (exact) mass is 387 g/mol. The molecule has 0 radical (unpaired) electrons. The number of benzene rings is 2. The van der Waals surface area contributed by atoms with Gasteiger partial charge in [-0.25, -0.2) is 0 Å². The van der Waals surface area contributed by atoms with E-state index in [1.54, 1.807) is 36.4 Å². The first-order chi connectivity index (χ1) is 12.9. The molecule has 0 spiro atoms. The second kappa shape index (κ2) is 8.11. The molecule has 0 unspecified atom stereocenters. The average Bonchev–Trinajstić information content (AvgIpc) is 2.91. The highest BCUT2D eigenvalue weighted by atomic mass is 35.5. The van der Waals surface area contributed by atoms with E-state index in [-0.39, 0.29) is 18.4 Å². The van der Waals surface area contributed by atoms with Gasteiger partial charge in [0.05, 0.1) is 29.9 Å².